The molecule has 0 aromatic carbocycles. The van der Waals surface area contributed by atoms with Crippen molar-refractivity contribution in [3.8, 4) is 0 Å². The standard InChI is InChI=1S/C10H14Cl2F3NO2/c11-6-3-1-2-4-9(6,5-16-12)7(8(17)18)10(13,14)15/h6-7,16H,1-5H2,(H,17,18)/t6-,7+,9-/m0/s1. The molecule has 18 heavy (non-hydrogen) atoms. The smallest absolute Gasteiger partial charge is 0.402 e. The highest BCUT2D eigenvalue weighted by atomic mass is 35.5. The Morgan fingerprint density at radius 2 is 2.11 bits per heavy atom. The Balaban J connectivity index is 3.18. The van der Waals surface area contributed by atoms with E-state index in [0.717, 1.165) is 0 Å². The second-order valence-electron chi connectivity index (χ2n) is 4.57. The van der Waals surface area contributed by atoms with Crippen molar-refractivity contribution >= 4 is 29.3 Å². The highest BCUT2D eigenvalue weighted by Crippen LogP contribution is 2.51. The molecule has 1 fully saturated rings. The van der Waals surface area contributed by atoms with E-state index in [1.54, 1.807) is 0 Å². The molecule has 0 spiro atoms. The van der Waals surface area contributed by atoms with Gasteiger partial charge in [0.25, 0.3) is 0 Å². The Labute approximate surface area is 113 Å². The van der Waals surface area contributed by atoms with Gasteiger partial charge in [0.1, 0.15) is 0 Å². The maximum absolute atomic E-state index is 13.0. The van der Waals surface area contributed by atoms with Crippen molar-refractivity contribution in [1.82, 2.24) is 4.84 Å². The van der Waals surface area contributed by atoms with E-state index in [-0.39, 0.29) is 13.0 Å². The van der Waals surface area contributed by atoms with E-state index in [2.05, 4.69) is 4.84 Å². The van der Waals surface area contributed by atoms with Gasteiger partial charge in [0.05, 0.1) is 0 Å². The van der Waals surface area contributed by atoms with E-state index in [0.29, 0.717) is 19.3 Å². The summed E-state index contributed by atoms with van der Waals surface area (Å²) in [7, 11) is 0. The number of halogens is 5. The fourth-order valence-electron chi connectivity index (χ4n) is 2.68. The number of carboxylic acid groups (broad SMARTS) is 1. The molecule has 3 atom stereocenters. The largest absolute Gasteiger partial charge is 0.481 e. The van der Waals surface area contributed by atoms with Crippen molar-refractivity contribution in [2.24, 2.45) is 11.3 Å². The predicted octanol–water partition coefficient (Wildman–Crippen LogP) is 3.16. The van der Waals surface area contributed by atoms with Crippen LogP contribution in [0, 0.1) is 11.3 Å². The summed E-state index contributed by atoms with van der Waals surface area (Å²) in [5, 5.41) is 8.06. The van der Waals surface area contributed by atoms with Crippen molar-refractivity contribution in [3.05, 3.63) is 0 Å². The van der Waals surface area contributed by atoms with Gasteiger partial charge in [0.2, 0.25) is 0 Å². The van der Waals surface area contributed by atoms with Crippen LogP contribution < -0.4 is 4.84 Å². The van der Waals surface area contributed by atoms with Crippen LogP contribution in [0.4, 0.5) is 13.2 Å². The van der Waals surface area contributed by atoms with Crippen molar-refractivity contribution in [1.29, 1.82) is 0 Å². The summed E-state index contributed by atoms with van der Waals surface area (Å²) in [5.74, 6) is -4.40. The number of hydrogen-bond acceptors (Lipinski definition) is 2. The van der Waals surface area contributed by atoms with E-state index in [1.807, 2.05) is 0 Å². The van der Waals surface area contributed by atoms with Gasteiger partial charge in [-0.3, -0.25) is 4.79 Å². The third-order valence-electron chi connectivity index (χ3n) is 3.52. The summed E-state index contributed by atoms with van der Waals surface area (Å²) in [6, 6.07) is 0. The van der Waals surface area contributed by atoms with Crippen molar-refractivity contribution in [2.45, 2.75) is 37.2 Å². The molecule has 0 amide bonds. The van der Waals surface area contributed by atoms with E-state index >= 15 is 0 Å². The quantitative estimate of drug-likeness (QED) is 0.619. The number of rotatable bonds is 4. The first-order valence-corrected chi connectivity index (χ1v) is 6.34. The lowest BCUT2D eigenvalue weighted by Crippen LogP contribution is -2.55. The molecule has 0 aromatic heterocycles. The molecule has 0 bridgehead atoms. The van der Waals surface area contributed by atoms with Gasteiger partial charge in [-0.2, -0.15) is 13.2 Å². The molecule has 0 heterocycles. The van der Waals surface area contributed by atoms with Gasteiger partial charge in [0.15, 0.2) is 5.92 Å². The maximum Gasteiger partial charge on any atom is 0.402 e. The van der Waals surface area contributed by atoms with Crippen molar-refractivity contribution in [2.75, 3.05) is 6.54 Å². The lowest BCUT2D eigenvalue weighted by atomic mass is 9.65. The number of aliphatic carboxylic acids is 1. The number of alkyl halides is 4. The zero-order chi connectivity index (χ0) is 14.0. The summed E-state index contributed by atoms with van der Waals surface area (Å²) >= 11 is 11.3. The van der Waals surface area contributed by atoms with Gasteiger partial charge in [0, 0.05) is 17.3 Å². The molecule has 0 unspecified atom stereocenters. The molecule has 1 saturated carbocycles. The Kier molecular flexibility index (Phi) is 5.14. The van der Waals surface area contributed by atoms with Gasteiger partial charge in [-0.15, -0.1) is 11.6 Å². The lowest BCUT2D eigenvalue weighted by molar-refractivity contribution is -0.220. The summed E-state index contributed by atoms with van der Waals surface area (Å²) in [4.78, 5) is 13.2. The first-order chi connectivity index (χ1) is 8.25. The molecule has 0 saturated heterocycles. The van der Waals surface area contributed by atoms with Gasteiger partial charge < -0.3 is 5.11 Å². The Morgan fingerprint density at radius 3 is 2.50 bits per heavy atom. The summed E-state index contributed by atoms with van der Waals surface area (Å²) in [6.45, 7) is -0.279. The summed E-state index contributed by atoms with van der Waals surface area (Å²) in [6.07, 6.45) is -3.18. The van der Waals surface area contributed by atoms with Crippen molar-refractivity contribution < 1.29 is 23.1 Å². The number of nitrogens with one attached hydrogen (secondary N) is 1. The first kappa shape index (κ1) is 15.9. The second-order valence-corrected chi connectivity index (χ2v) is 5.36. The topological polar surface area (TPSA) is 49.3 Å². The molecule has 0 radical (unpaired) electrons. The van der Waals surface area contributed by atoms with Crippen LogP contribution in [0.2, 0.25) is 0 Å². The van der Waals surface area contributed by atoms with Gasteiger partial charge in [-0.05, 0) is 24.6 Å². The van der Waals surface area contributed by atoms with E-state index < -0.39 is 28.9 Å². The zero-order valence-electron chi connectivity index (χ0n) is 9.44. The molecular weight excluding hydrogens is 294 g/mol. The van der Waals surface area contributed by atoms with Crippen LogP contribution in [-0.2, 0) is 4.79 Å². The molecule has 106 valence electrons. The second kappa shape index (κ2) is 5.84. The fourth-order valence-corrected chi connectivity index (χ4v) is 3.40. The molecule has 0 aliphatic heterocycles. The molecule has 3 nitrogen and oxygen atoms in total. The van der Waals surface area contributed by atoms with Crippen LogP contribution >= 0.6 is 23.4 Å². The monoisotopic (exact) mass is 307 g/mol. The molecule has 1 aliphatic carbocycles. The molecule has 1 aliphatic rings. The minimum Gasteiger partial charge on any atom is -0.481 e. The Bertz CT molecular complexity index is 310. The van der Waals surface area contributed by atoms with E-state index in [9.17, 15) is 18.0 Å². The SMILES string of the molecule is O=C(O)[C@@H](C(F)(F)F)[C@]1(CNCl)CCCC[C@@H]1Cl. The first-order valence-electron chi connectivity index (χ1n) is 5.53. The van der Waals surface area contributed by atoms with Crippen LogP contribution in [-0.4, -0.2) is 29.2 Å². The summed E-state index contributed by atoms with van der Waals surface area (Å²) < 4.78 is 39.0. The summed E-state index contributed by atoms with van der Waals surface area (Å²) in [5.41, 5.74) is -1.59. The van der Waals surface area contributed by atoms with Crippen LogP contribution in [0.5, 0.6) is 0 Å². The average Bonchev–Trinajstić information content (AvgIpc) is 2.20. The van der Waals surface area contributed by atoms with Crippen LogP contribution in [0.25, 0.3) is 0 Å². The molecule has 0 aromatic rings. The third-order valence-corrected chi connectivity index (χ3v) is 4.31. The Morgan fingerprint density at radius 1 is 1.50 bits per heavy atom. The Hall–Kier alpha value is -0.200. The number of carboxylic acids is 1. The highest BCUT2D eigenvalue weighted by molar-refractivity contribution is 6.21. The lowest BCUT2D eigenvalue weighted by Gasteiger charge is -2.45. The van der Waals surface area contributed by atoms with Crippen LogP contribution in [0.3, 0.4) is 0 Å². The van der Waals surface area contributed by atoms with E-state index in [1.165, 1.54) is 0 Å². The molecule has 8 heteroatoms. The number of hydrogen-bond donors (Lipinski definition) is 2. The van der Waals surface area contributed by atoms with Crippen molar-refractivity contribution in [3.63, 3.8) is 0 Å². The maximum atomic E-state index is 13.0. The fraction of sp³-hybridized carbons (Fsp3) is 0.900. The average molecular weight is 308 g/mol. The number of carbonyl (C=O) groups is 1. The molecular formula is C10H14Cl2F3NO2. The van der Waals surface area contributed by atoms with Gasteiger partial charge >= 0.3 is 12.1 Å². The normalized spacial score (nSPS) is 31.1. The van der Waals surface area contributed by atoms with Crippen LogP contribution in [0.1, 0.15) is 25.7 Å². The third kappa shape index (κ3) is 3.03. The van der Waals surface area contributed by atoms with Gasteiger partial charge in [-0.25, -0.2) is 4.84 Å². The molecule has 2 N–H and O–H groups in total. The minimum atomic E-state index is -4.84. The highest BCUT2D eigenvalue weighted by Gasteiger charge is 2.60. The molecule has 1 rings (SSSR count). The minimum absolute atomic E-state index is 0.0946. The van der Waals surface area contributed by atoms with Crippen LogP contribution in [0.15, 0.2) is 0 Å². The van der Waals surface area contributed by atoms with Gasteiger partial charge in [-0.1, -0.05) is 12.8 Å². The zero-order valence-corrected chi connectivity index (χ0v) is 10.9. The predicted molar refractivity (Wildman–Crippen MR) is 61.6 cm³/mol. The van der Waals surface area contributed by atoms with E-state index in [4.69, 9.17) is 28.5 Å².